The van der Waals surface area contributed by atoms with Crippen LogP contribution in [-0.2, 0) is 5.41 Å². The number of unbranched alkanes of at least 4 members (excludes halogenated alkanes) is 1. The van der Waals surface area contributed by atoms with Gasteiger partial charge in [-0.2, -0.15) is 0 Å². The van der Waals surface area contributed by atoms with Crippen molar-refractivity contribution >= 4 is 29.9 Å². The van der Waals surface area contributed by atoms with Gasteiger partial charge in [0, 0.05) is 32.6 Å². The summed E-state index contributed by atoms with van der Waals surface area (Å²) in [6, 6.07) is 10.6. The molecule has 0 bridgehead atoms. The molecule has 0 saturated carbocycles. The zero-order valence-corrected chi connectivity index (χ0v) is 16.6. The van der Waals surface area contributed by atoms with Crippen LogP contribution in [0.1, 0.15) is 32.3 Å². The van der Waals surface area contributed by atoms with E-state index in [2.05, 4.69) is 73.0 Å². The first-order chi connectivity index (χ1) is 10.0. The SMILES string of the molecule is C=CCCCN(C)C(=NC)NCC(C)(C)c1ccccc1.I. The van der Waals surface area contributed by atoms with Crippen LogP contribution >= 0.6 is 24.0 Å². The zero-order valence-electron chi connectivity index (χ0n) is 14.3. The summed E-state index contributed by atoms with van der Waals surface area (Å²) >= 11 is 0. The Balaban J connectivity index is 0.00000441. The first-order valence-corrected chi connectivity index (χ1v) is 7.59. The molecule has 0 fully saturated rings. The summed E-state index contributed by atoms with van der Waals surface area (Å²) in [5, 5.41) is 3.48. The number of hydrogen-bond acceptors (Lipinski definition) is 1. The Morgan fingerprint density at radius 3 is 2.50 bits per heavy atom. The standard InChI is InChI=1S/C18H29N3.HI/c1-6-7-11-14-21(5)17(19-4)20-15-18(2,3)16-12-9-8-10-13-16;/h6,8-10,12-13H,1,7,11,14-15H2,2-5H3,(H,19,20);1H. The van der Waals surface area contributed by atoms with E-state index in [4.69, 9.17) is 0 Å². The fourth-order valence-electron chi connectivity index (χ4n) is 2.25. The lowest BCUT2D eigenvalue weighted by molar-refractivity contribution is 0.446. The molecular weight excluding hydrogens is 385 g/mol. The van der Waals surface area contributed by atoms with Gasteiger partial charge < -0.3 is 10.2 Å². The van der Waals surface area contributed by atoms with E-state index in [0.29, 0.717) is 0 Å². The summed E-state index contributed by atoms with van der Waals surface area (Å²) in [7, 11) is 3.91. The molecule has 1 N–H and O–H groups in total. The maximum absolute atomic E-state index is 4.37. The molecule has 1 aromatic carbocycles. The molecule has 3 nitrogen and oxygen atoms in total. The molecule has 1 rings (SSSR count). The van der Waals surface area contributed by atoms with E-state index in [0.717, 1.165) is 31.9 Å². The third-order valence-corrected chi connectivity index (χ3v) is 3.72. The molecule has 0 aliphatic carbocycles. The first-order valence-electron chi connectivity index (χ1n) is 7.59. The van der Waals surface area contributed by atoms with Gasteiger partial charge in [-0.25, -0.2) is 0 Å². The van der Waals surface area contributed by atoms with Crippen molar-refractivity contribution in [1.82, 2.24) is 10.2 Å². The van der Waals surface area contributed by atoms with Crippen LogP contribution in [0, 0.1) is 0 Å². The van der Waals surface area contributed by atoms with Crippen LogP contribution in [-0.4, -0.2) is 38.0 Å². The Hall–Kier alpha value is -1.04. The van der Waals surface area contributed by atoms with Gasteiger partial charge in [-0.05, 0) is 18.4 Å². The number of allylic oxidation sites excluding steroid dienone is 1. The quantitative estimate of drug-likeness (QED) is 0.239. The summed E-state index contributed by atoms with van der Waals surface area (Å²) < 4.78 is 0. The van der Waals surface area contributed by atoms with Gasteiger partial charge >= 0.3 is 0 Å². The van der Waals surface area contributed by atoms with Gasteiger partial charge in [0.1, 0.15) is 0 Å². The summed E-state index contributed by atoms with van der Waals surface area (Å²) in [6.07, 6.45) is 4.10. The van der Waals surface area contributed by atoms with Gasteiger partial charge in [0.25, 0.3) is 0 Å². The van der Waals surface area contributed by atoms with Crippen molar-refractivity contribution in [3.8, 4) is 0 Å². The van der Waals surface area contributed by atoms with Crippen molar-refractivity contribution in [2.45, 2.75) is 32.1 Å². The van der Waals surface area contributed by atoms with E-state index in [1.165, 1.54) is 5.56 Å². The fourth-order valence-corrected chi connectivity index (χ4v) is 2.25. The molecule has 0 amide bonds. The number of hydrogen-bond donors (Lipinski definition) is 1. The van der Waals surface area contributed by atoms with Gasteiger partial charge in [-0.15, -0.1) is 30.6 Å². The number of rotatable bonds is 7. The Morgan fingerprint density at radius 2 is 1.95 bits per heavy atom. The Bertz CT molecular complexity index is 455. The molecule has 4 heteroatoms. The number of aliphatic imine (C=N–C) groups is 1. The second-order valence-electron chi connectivity index (χ2n) is 6.00. The minimum absolute atomic E-state index is 0. The maximum Gasteiger partial charge on any atom is 0.193 e. The molecule has 22 heavy (non-hydrogen) atoms. The fraction of sp³-hybridized carbons (Fsp3) is 0.500. The highest BCUT2D eigenvalue weighted by molar-refractivity contribution is 14.0. The predicted molar refractivity (Wildman–Crippen MR) is 108 cm³/mol. The van der Waals surface area contributed by atoms with Crippen LogP contribution in [0.15, 0.2) is 48.0 Å². The first kappa shape index (κ1) is 21.0. The van der Waals surface area contributed by atoms with E-state index in [1.54, 1.807) is 0 Å². The van der Waals surface area contributed by atoms with Crippen molar-refractivity contribution in [3.05, 3.63) is 48.6 Å². The van der Waals surface area contributed by atoms with Crippen molar-refractivity contribution in [1.29, 1.82) is 0 Å². The lowest BCUT2D eigenvalue weighted by Gasteiger charge is -2.29. The normalized spacial score (nSPS) is 11.5. The Labute approximate surface area is 152 Å². The molecule has 0 saturated heterocycles. The van der Waals surface area contributed by atoms with Gasteiger partial charge in [-0.1, -0.05) is 50.3 Å². The lowest BCUT2D eigenvalue weighted by atomic mass is 9.85. The van der Waals surface area contributed by atoms with E-state index >= 15 is 0 Å². The average Bonchev–Trinajstić information content (AvgIpc) is 2.49. The van der Waals surface area contributed by atoms with Crippen molar-refractivity contribution in [2.24, 2.45) is 4.99 Å². The molecule has 0 radical (unpaired) electrons. The third kappa shape index (κ3) is 6.81. The van der Waals surface area contributed by atoms with E-state index in [9.17, 15) is 0 Å². The number of guanidine groups is 1. The molecular formula is C18H30IN3. The number of halogens is 1. The minimum Gasteiger partial charge on any atom is -0.355 e. The highest BCUT2D eigenvalue weighted by Crippen LogP contribution is 2.21. The predicted octanol–water partition coefficient (Wildman–Crippen LogP) is 4.06. The van der Waals surface area contributed by atoms with Gasteiger partial charge in [0.15, 0.2) is 5.96 Å². The highest BCUT2D eigenvalue weighted by atomic mass is 127. The second kappa shape index (κ2) is 10.6. The van der Waals surface area contributed by atoms with Crippen molar-refractivity contribution in [2.75, 3.05) is 27.2 Å². The van der Waals surface area contributed by atoms with E-state index in [1.807, 2.05) is 13.1 Å². The molecule has 0 spiro atoms. The van der Waals surface area contributed by atoms with Crippen LogP contribution in [0.3, 0.4) is 0 Å². The summed E-state index contributed by atoms with van der Waals surface area (Å²) in [5.74, 6) is 0.947. The molecule has 0 heterocycles. The summed E-state index contributed by atoms with van der Waals surface area (Å²) in [5.41, 5.74) is 1.40. The third-order valence-electron chi connectivity index (χ3n) is 3.72. The minimum atomic E-state index is 0. The molecule has 0 aliphatic heterocycles. The molecule has 124 valence electrons. The topological polar surface area (TPSA) is 27.6 Å². The maximum atomic E-state index is 4.37. The molecule has 0 aliphatic rings. The van der Waals surface area contributed by atoms with Crippen molar-refractivity contribution < 1.29 is 0 Å². The molecule has 0 aromatic heterocycles. The molecule has 0 unspecified atom stereocenters. The largest absolute Gasteiger partial charge is 0.355 e. The van der Waals surface area contributed by atoms with Crippen LogP contribution in [0.2, 0.25) is 0 Å². The molecule has 0 atom stereocenters. The Kier molecular flexibility index (Phi) is 10.1. The van der Waals surface area contributed by atoms with Crippen LogP contribution in [0.4, 0.5) is 0 Å². The number of nitrogens with zero attached hydrogens (tertiary/aromatic N) is 2. The summed E-state index contributed by atoms with van der Waals surface area (Å²) in [4.78, 5) is 6.54. The average molecular weight is 415 g/mol. The smallest absolute Gasteiger partial charge is 0.193 e. The Morgan fingerprint density at radius 1 is 1.32 bits per heavy atom. The summed E-state index contributed by atoms with van der Waals surface area (Å²) in [6.45, 7) is 10.1. The van der Waals surface area contributed by atoms with Gasteiger partial charge in [0.2, 0.25) is 0 Å². The lowest BCUT2D eigenvalue weighted by Crippen LogP contribution is -2.44. The van der Waals surface area contributed by atoms with Crippen LogP contribution in [0.25, 0.3) is 0 Å². The van der Waals surface area contributed by atoms with Crippen molar-refractivity contribution in [3.63, 3.8) is 0 Å². The van der Waals surface area contributed by atoms with Gasteiger partial charge in [0.05, 0.1) is 0 Å². The molecule has 1 aromatic rings. The van der Waals surface area contributed by atoms with E-state index < -0.39 is 0 Å². The van der Waals surface area contributed by atoms with Crippen LogP contribution in [0.5, 0.6) is 0 Å². The zero-order chi connectivity index (χ0) is 15.7. The number of benzene rings is 1. The van der Waals surface area contributed by atoms with E-state index in [-0.39, 0.29) is 29.4 Å². The second-order valence-corrected chi connectivity index (χ2v) is 6.00. The van der Waals surface area contributed by atoms with Gasteiger partial charge in [-0.3, -0.25) is 4.99 Å². The number of nitrogens with one attached hydrogen (secondary N) is 1. The monoisotopic (exact) mass is 415 g/mol. The van der Waals surface area contributed by atoms with Crippen LogP contribution < -0.4 is 5.32 Å². The highest BCUT2D eigenvalue weighted by Gasteiger charge is 2.21.